The van der Waals surface area contributed by atoms with Gasteiger partial charge < -0.3 is 25.0 Å². The van der Waals surface area contributed by atoms with Gasteiger partial charge in [0.05, 0.1) is 28.3 Å². The van der Waals surface area contributed by atoms with Crippen LogP contribution in [0.5, 0.6) is 5.75 Å². The summed E-state index contributed by atoms with van der Waals surface area (Å²) in [6.07, 6.45) is 0.894. The van der Waals surface area contributed by atoms with Gasteiger partial charge in [0, 0.05) is 37.7 Å². The molecular formula is C29H40Cl2N4O4. The largest absolute Gasteiger partial charge is 0.488 e. The van der Waals surface area contributed by atoms with Gasteiger partial charge in [0.25, 0.3) is 5.91 Å². The molecule has 2 N–H and O–H groups in total. The second kappa shape index (κ2) is 14.3. The summed E-state index contributed by atoms with van der Waals surface area (Å²) in [5.41, 5.74) is 1.94. The summed E-state index contributed by atoms with van der Waals surface area (Å²) in [6, 6.07) is 10.4. The lowest BCUT2D eigenvalue weighted by Crippen LogP contribution is -2.49. The molecule has 1 aliphatic heterocycles. The molecule has 1 heterocycles. The number of hydrogen-bond donors (Lipinski definition) is 2. The van der Waals surface area contributed by atoms with E-state index in [0.29, 0.717) is 53.1 Å². The van der Waals surface area contributed by atoms with Crippen molar-refractivity contribution in [2.75, 3.05) is 52.7 Å². The molecule has 2 amide bonds. The Morgan fingerprint density at radius 3 is 2.59 bits per heavy atom. The zero-order valence-electron chi connectivity index (χ0n) is 23.4. The summed E-state index contributed by atoms with van der Waals surface area (Å²) in [6.45, 7) is 6.21. The number of carbonyl (C=O) groups excluding carboxylic acids is 2. The molecule has 0 aliphatic carbocycles. The first kappa shape index (κ1) is 31.2. The van der Waals surface area contributed by atoms with E-state index in [0.717, 1.165) is 18.5 Å². The van der Waals surface area contributed by atoms with E-state index in [2.05, 4.69) is 17.1 Å². The van der Waals surface area contributed by atoms with Crippen molar-refractivity contribution in [3.05, 3.63) is 57.6 Å². The average molecular weight is 580 g/mol. The number of carbonyl (C=O) groups is 2. The molecule has 2 aromatic carbocycles. The fourth-order valence-corrected chi connectivity index (χ4v) is 4.94. The van der Waals surface area contributed by atoms with Crippen LogP contribution in [0.15, 0.2) is 36.4 Å². The van der Waals surface area contributed by atoms with Crippen molar-refractivity contribution < 1.29 is 19.4 Å². The number of nitrogens with zero attached hydrogens (tertiary/aromatic N) is 3. The number of benzene rings is 2. The van der Waals surface area contributed by atoms with E-state index in [1.807, 2.05) is 45.1 Å². The molecular weight excluding hydrogens is 539 g/mol. The van der Waals surface area contributed by atoms with Crippen molar-refractivity contribution in [1.82, 2.24) is 14.7 Å². The Morgan fingerprint density at radius 2 is 1.92 bits per heavy atom. The number of anilines is 1. The summed E-state index contributed by atoms with van der Waals surface area (Å²) in [7, 11) is 5.94. The molecule has 1 aliphatic rings. The van der Waals surface area contributed by atoms with Crippen molar-refractivity contribution >= 4 is 40.7 Å². The normalized spacial score (nSPS) is 18.4. The number of hydrogen-bond acceptors (Lipinski definition) is 6. The molecule has 0 spiro atoms. The highest BCUT2D eigenvalue weighted by Crippen LogP contribution is 2.31. The van der Waals surface area contributed by atoms with Crippen molar-refractivity contribution in [3.63, 3.8) is 0 Å². The minimum Gasteiger partial charge on any atom is -0.488 e. The number of aliphatic hydroxyl groups is 1. The highest BCUT2D eigenvalue weighted by molar-refractivity contribution is 6.42. The van der Waals surface area contributed by atoms with E-state index in [1.165, 1.54) is 0 Å². The number of ether oxygens (including phenoxy) is 1. The van der Waals surface area contributed by atoms with Crippen LogP contribution in [0.4, 0.5) is 5.69 Å². The van der Waals surface area contributed by atoms with E-state index in [9.17, 15) is 14.7 Å². The van der Waals surface area contributed by atoms with E-state index in [4.69, 9.17) is 27.9 Å². The van der Waals surface area contributed by atoms with Crippen LogP contribution in [0.1, 0.15) is 42.6 Å². The predicted molar refractivity (Wildman–Crippen MR) is 157 cm³/mol. The Balaban J connectivity index is 1.82. The first-order valence-electron chi connectivity index (χ1n) is 13.3. The quantitative estimate of drug-likeness (QED) is 0.404. The molecule has 3 rings (SSSR count). The van der Waals surface area contributed by atoms with E-state index >= 15 is 0 Å². The SMILES string of the molecule is C[C@@H]1CN([C@H](C)CO)C(=O)c2cc(NC(=O)CCCN(C)C)ccc2O[C@@H]1CN(C)Cc1ccc(Cl)c(Cl)c1. The molecule has 2 aromatic rings. The second-order valence-electron chi connectivity index (χ2n) is 10.7. The molecule has 0 fully saturated rings. The first-order chi connectivity index (χ1) is 18.5. The van der Waals surface area contributed by atoms with Crippen LogP contribution in [0, 0.1) is 5.92 Å². The van der Waals surface area contributed by atoms with Crippen LogP contribution in [-0.2, 0) is 11.3 Å². The van der Waals surface area contributed by atoms with E-state index in [-0.39, 0.29) is 36.5 Å². The molecule has 0 bridgehead atoms. The van der Waals surface area contributed by atoms with Crippen LogP contribution in [0.3, 0.4) is 0 Å². The second-order valence-corrected chi connectivity index (χ2v) is 11.5. The monoisotopic (exact) mass is 578 g/mol. The number of halogens is 2. The number of rotatable bonds is 11. The minimum absolute atomic E-state index is 0.0107. The predicted octanol–water partition coefficient (Wildman–Crippen LogP) is 4.63. The maximum absolute atomic E-state index is 13.6. The Morgan fingerprint density at radius 1 is 1.18 bits per heavy atom. The lowest BCUT2D eigenvalue weighted by Gasteiger charge is -2.38. The standard InChI is InChI=1S/C29H40Cl2N4O4/c1-19-15-35(20(2)18-36)29(38)23-14-22(32-28(37)7-6-12-33(3)4)9-11-26(23)39-27(19)17-34(5)16-21-8-10-24(30)25(31)13-21/h8-11,13-14,19-20,27,36H,6-7,12,15-18H2,1-5H3,(H,32,37)/t19-,20-,27-/m1/s1. The summed E-state index contributed by atoms with van der Waals surface area (Å²) < 4.78 is 6.47. The molecule has 10 heteroatoms. The first-order valence-corrected chi connectivity index (χ1v) is 14.0. The molecule has 3 atom stereocenters. The maximum atomic E-state index is 13.6. The van der Waals surface area contributed by atoms with Gasteiger partial charge in [0.2, 0.25) is 5.91 Å². The lowest BCUT2D eigenvalue weighted by atomic mass is 9.99. The summed E-state index contributed by atoms with van der Waals surface area (Å²) >= 11 is 12.3. The fraction of sp³-hybridized carbons (Fsp3) is 0.517. The average Bonchev–Trinajstić information content (AvgIpc) is 2.88. The molecule has 0 saturated heterocycles. The highest BCUT2D eigenvalue weighted by Gasteiger charge is 2.33. The summed E-state index contributed by atoms with van der Waals surface area (Å²) in [4.78, 5) is 32.0. The van der Waals surface area contributed by atoms with Crippen molar-refractivity contribution in [2.45, 2.75) is 45.4 Å². The van der Waals surface area contributed by atoms with Crippen LogP contribution >= 0.6 is 23.2 Å². The van der Waals surface area contributed by atoms with Gasteiger partial charge in [0.1, 0.15) is 11.9 Å². The van der Waals surface area contributed by atoms with Crippen LogP contribution < -0.4 is 10.1 Å². The Bertz CT molecular complexity index is 1150. The number of amides is 2. The van der Waals surface area contributed by atoms with Gasteiger partial charge in [-0.1, -0.05) is 36.2 Å². The molecule has 0 aromatic heterocycles. The van der Waals surface area contributed by atoms with Crippen molar-refractivity contribution in [3.8, 4) is 5.75 Å². The molecule has 0 saturated carbocycles. The van der Waals surface area contributed by atoms with Crippen LogP contribution in [0.2, 0.25) is 10.0 Å². The van der Waals surface area contributed by atoms with Crippen molar-refractivity contribution in [2.24, 2.45) is 5.92 Å². The smallest absolute Gasteiger partial charge is 0.258 e. The van der Waals surface area contributed by atoms with Gasteiger partial charge in [-0.25, -0.2) is 0 Å². The number of likely N-dealkylation sites (N-methyl/N-ethyl adjacent to an activating group) is 1. The topological polar surface area (TPSA) is 85.3 Å². The van der Waals surface area contributed by atoms with Gasteiger partial charge >= 0.3 is 0 Å². The number of fused-ring (bicyclic) bond motifs is 1. The van der Waals surface area contributed by atoms with Gasteiger partial charge in [-0.15, -0.1) is 0 Å². The molecule has 0 unspecified atom stereocenters. The van der Waals surface area contributed by atoms with Gasteiger partial charge in [-0.3, -0.25) is 14.5 Å². The number of aliphatic hydroxyl groups excluding tert-OH is 1. The van der Waals surface area contributed by atoms with Crippen LogP contribution in [-0.4, -0.2) is 91.2 Å². The Hall–Kier alpha value is -2.36. The zero-order valence-corrected chi connectivity index (χ0v) is 24.9. The minimum atomic E-state index is -0.371. The number of nitrogens with one attached hydrogen (secondary N) is 1. The lowest BCUT2D eigenvalue weighted by molar-refractivity contribution is -0.116. The third kappa shape index (κ3) is 8.82. The van der Waals surface area contributed by atoms with Gasteiger partial charge in [0.15, 0.2) is 0 Å². The van der Waals surface area contributed by atoms with E-state index in [1.54, 1.807) is 29.2 Å². The van der Waals surface area contributed by atoms with E-state index < -0.39 is 0 Å². The highest BCUT2D eigenvalue weighted by atomic mass is 35.5. The van der Waals surface area contributed by atoms with Crippen molar-refractivity contribution in [1.29, 1.82) is 0 Å². The molecule has 214 valence electrons. The summed E-state index contributed by atoms with van der Waals surface area (Å²) in [5, 5.41) is 13.8. The zero-order chi connectivity index (χ0) is 28.7. The summed E-state index contributed by atoms with van der Waals surface area (Å²) in [5.74, 6) is 0.111. The molecule has 39 heavy (non-hydrogen) atoms. The Labute approximate surface area is 241 Å². The van der Waals surface area contributed by atoms with Gasteiger partial charge in [-0.05, 0) is 76.9 Å². The maximum Gasteiger partial charge on any atom is 0.258 e. The third-order valence-corrected chi connectivity index (χ3v) is 7.62. The van der Waals surface area contributed by atoms with Gasteiger partial charge in [-0.2, -0.15) is 0 Å². The Kier molecular flexibility index (Phi) is 11.4. The fourth-order valence-electron chi connectivity index (χ4n) is 4.62. The molecule has 8 nitrogen and oxygen atoms in total. The van der Waals surface area contributed by atoms with Crippen LogP contribution in [0.25, 0.3) is 0 Å². The third-order valence-electron chi connectivity index (χ3n) is 6.89. The molecule has 0 radical (unpaired) electrons.